The van der Waals surface area contributed by atoms with Crippen LogP contribution in [0.15, 0.2) is 109 Å². The quantitative estimate of drug-likeness (QED) is 0.120. The number of rotatable bonds is 14. The average Bonchev–Trinajstić information content (AvgIpc) is 3.14. The first-order chi connectivity index (χ1) is 25.4. The third kappa shape index (κ3) is 11.0. The van der Waals surface area contributed by atoms with Gasteiger partial charge in [0.2, 0.25) is 0 Å². The maximum atomic E-state index is 14.0. The van der Waals surface area contributed by atoms with Gasteiger partial charge in [-0.2, -0.15) is 0 Å². The molecular weight excluding hydrogens is 674 g/mol. The molecule has 0 amide bonds. The summed E-state index contributed by atoms with van der Waals surface area (Å²) in [4.78, 5) is 36.1. The molecule has 4 aromatic rings. The van der Waals surface area contributed by atoms with E-state index in [0.29, 0.717) is 62.4 Å². The Morgan fingerprint density at radius 1 is 0.596 bits per heavy atom. The van der Waals surface area contributed by atoms with Crippen LogP contribution >= 0.6 is 0 Å². The van der Waals surface area contributed by atoms with Crippen LogP contribution in [0.5, 0.6) is 34.5 Å². The number of piperidine rings is 2. The lowest BCUT2D eigenvalue weighted by Gasteiger charge is -2.31. The summed E-state index contributed by atoms with van der Waals surface area (Å²) in [6, 6.07) is 26.3. The predicted octanol–water partition coefficient (Wildman–Crippen LogP) is 7.90. The highest BCUT2D eigenvalue weighted by Gasteiger charge is 2.25. The zero-order chi connectivity index (χ0) is 36.1. The van der Waals surface area contributed by atoms with Crippen LogP contribution < -0.4 is 18.9 Å². The highest BCUT2D eigenvalue weighted by molar-refractivity contribution is 5.91. The molecule has 0 aliphatic carbocycles. The fraction of sp³-hybridized carbons (Fsp3) is 0.300. The van der Waals surface area contributed by atoms with E-state index in [-0.39, 0.29) is 23.3 Å². The van der Waals surface area contributed by atoms with Gasteiger partial charge in [0.1, 0.15) is 23.1 Å². The number of benzene rings is 4. The Kier molecular flexibility index (Phi) is 12.7. The molecule has 0 aromatic heterocycles. The van der Waals surface area contributed by atoms with Crippen molar-refractivity contribution in [1.29, 1.82) is 0 Å². The minimum Gasteiger partial charge on any atom is -0.489 e. The Morgan fingerprint density at radius 3 is 1.44 bits per heavy atom. The van der Waals surface area contributed by atoms with Crippen molar-refractivity contribution in [1.82, 2.24) is 10.1 Å². The average molecular weight is 715 g/mol. The number of halogens is 2. The molecule has 2 aliphatic heterocycles. The van der Waals surface area contributed by atoms with Crippen LogP contribution in [0.1, 0.15) is 25.7 Å². The van der Waals surface area contributed by atoms with E-state index in [9.17, 15) is 18.4 Å². The van der Waals surface area contributed by atoms with Gasteiger partial charge in [0, 0.05) is 62.3 Å². The van der Waals surface area contributed by atoms with Crippen molar-refractivity contribution in [2.45, 2.75) is 25.7 Å². The normalized spacial score (nSPS) is 18.0. The topological polar surface area (TPSA) is 96.0 Å². The molecule has 6 rings (SSSR count). The summed E-state index contributed by atoms with van der Waals surface area (Å²) in [5, 5.41) is 3.10. The Hall–Kier alpha value is -5.46. The first-order valence-corrected chi connectivity index (χ1v) is 17.3. The minimum atomic E-state index is -0.701. The Balaban J connectivity index is 0.927. The molecule has 2 fully saturated rings. The number of hydroxylamine groups is 4. The van der Waals surface area contributed by atoms with Crippen molar-refractivity contribution >= 4 is 11.9 Å². The fourth-order valence-electron chi connectivity index (χ4n) is 5.95. The smallest absolute Gasteiger partial charge is 0.349 e. The van der Waals surface area contributed by atoms with E-state index in [2.05, 4.69) is 0 Å². The van der Waals surface area contributed by atoms with Gasteiger partial charge < -0.3 is 28.6 Å². The van der Waals surface area contributed by atoms with Gasteiger partial charge in [-0.1, -0.05) is 36.4 Å². The van der Waals surface area contributed by atoms with Crippen molar-refractivity contribution in [3.63, 3.8) is 0 Å². The second-order valence-corrected chi connectivity index (χ2v) is 12.6. The summed E-state index contributed by atoms with van der Waals surface area (Å²) in [6.07, 6.45) is 5.32. The molecule has 2 heterocycles. The molecule has 4 aromatic carbocycles. The third-order valence-electron chi connectivity index (χ3n) is 8.46. The summed E-state index contributed by atoms with van der Waals surface area (Å²) in [5.74, 6) is 0.250. The highest BCUT2D eigenvalue weighted by atomic mass is 19.1. The molecule has 2 atom stereocenters. The molecular formula is C40H40F2N2O8. The molecule has 2 aliphatic rings. The molecule has 52 heavy (non-hydrogen) atoms. The SMILES string of the molecule is O=C(/C=C/C(=O)ON1CCC[C@H](COc2ccc(F)cc2Oc2ccccc2)C1)ON1CCC[C@H](COc2ccc(F)cc2Oc2ccccc2)C1. The standard InChI is InChI=1S/C40H40F2N2O8/c41-31-15-17-35(37(23-31)49-33-11-3-1-4-12-33)47-27-29-9-7-21-43(25-29)51-39(45)19-20-40(46)52-44-22-8-10-30(26-44)28-48-36-18-16-32(42)24-38(36)50-34-13-5-2-6-14-34/h1-6,11-20,23-24,29-30H,7-10,21-22,25-28H2/b20-19+/t29-,30-/m0/s1. The molecule has 272 valence electrons. The number of carbonyl (C=O) groups is 2. The Morgan fingerprint density at radius 2 is 1.02 bits per heavy atom. The van der Waals surface area contributed by atoms with Crippen LogP contribution in [0.3, 0.4) is 0 Å². The van der Waals surface area contributed by atoms with E-state index in [0.717, 1.165) is 37.8 Å². The van der Waals surface area contributed by atoms with Crippen molar-refractivity contribution in [3.8, 4) is 34.5 Å². The number of carbonyl (C=O) groups excluding carboxylic acids is 2. The summed E-state index contributed by atoms with van der Waals surface area (Å²) >= 11 is 0. The van der Waals surface area contributed by atoms with Gasteiger partial charge in [-0.05, 0) is 74.2 Å². The highest BCUT2D eigenvalue weighted by Crippen LogP contribution is 2.34. The molecule has 12 heteroatoms. The first kappa shape index (κ1) is 36.3. The predicted molar refractivity (Wildman–Crippen MR) is 187 cm³/mol. The molecule has 10 nitrogen and oxygen atoms in total. The van der Waals surface area contributed by atoms with Gasteiger partial charge in [-0.25, -0.2) is 18.4 Å². The van der Waals surface area contributed by atoms with Crippen LogP contribution in [-0.4, -0.2) is 61.5 Å². The maximum absolute atomic E-state index is 14.0. The zero-order valence-electron chi connectivity index (χ0n) is 28.5. The third-order valence-corrected chi connectivity index (χ3v) is 8.46. The lowest BCUT2D eigenvalue weighted by Crippen LogP contribution is -2.39. The lowest BCUT2D eigenvalue weighted by molar-refractivity contribution is -0.195. The number of hydrogen-bond acceptors (Lipinski definition) is 10. The van der Waals surface area contributed by atoms with Crippen molar-refractivity contribution < 1.29 is 47.0 Å². The monoisotopic (exact) mass is 714 g/mol. The lowest BCUT2D eigenvalue weighted by atomic mass is 10.0. The van der Waals surface area contributed by atoms with Crippen molar-refractivity contribution in [2.75, 3.05) is 39.4 Å². The van der Waals surface area contributed by atoms with Gasteiger partial charge in [0.05, 0.1) is 13.2 Å². The Bertz CT molecular complexity index is 1680. The van der Waals surface area contributed by atoms with E-state index in [4.69, 9.17) is 28.6 Å². The zero-order valence-corrected chi connectivity index (χ0v) is 28.5. The summed E-state index contributed by atoms with van der Waals surface area (Å²) in [5.41, 5.74) is 0. The number of para-hydroxylation sites is 2. The van der Waals surface area contributed by atoms with E-state index < -0.39 is 23.6 Å². The summed E-state index contributed by atoms with van der Waals surface area (Å²) in [7, 11) is 0. The fourth-order valence-corrected chi connectivity index (χ4v) is 5.95. The molecule has 0 radical (unpaired) electrons. The maximum Gasteiger partial charge on any atom is 0.349 e. The van der Waals surface area contributed by atoms with Crippen molar-refractivity contribution in [3.05, 3.63) is 121 Å². The molecule has 0 bridgehead atoms. The number of hydrogen-bond donors (Lipinski definition) is 0. The second kappa shape index (κ2) is 18.2. The van der Waals surface area contributed by atoms with Crippen LogP contribution in [0.4, 0.5) is 8.78 Å². The van der Waals surface area contributed by atoms with E-state index >= 15 is 0 Å². The van der Waals surface area contributed by atoms with Crippen molar-refractivity contribution in [2.24, 2.45) is 11.8 Å². The minimum absolute atomic E-state index is 0.0344. The van der Waals surface area contributed by atoms with Gasteiger partial charge in [0.15, 0.2) is 23.0 Å². The molecule has 2 saturated heterocycles. The number of nitrogens with zero attached hydrogens (tertiary/aromatic N) is 2. The number of ether oxygens (including phenoxy) is 4. The summed E-state index contributed by atoms with van der Waals surface area (Å²) < 4.78 is 51.7. The van der Waals surface area contributed by atoms with Crippen LogP contribution in [0.25, 0.3) is 0 Å². The molecule has 0 saturated carbocycles. The molecule has 0 unspecified atom stereocenters. The van der Waals surface area contributed by atoms with E-state index in [1.165, 1.54) is 36.4 Å². The van der Waals surface area contributed by atoms with Gasteiger partial charge >= 0.3 is 11.9 Å². The van der Waals surface area contributed by atoms with Crippen LogP contribution in [0.2, 0.25) is 0 Å². The van der Waals surface area contributed by atoms with Crippen LogP contribution in [0, 0.1) is 23.5 Å². The molecule has 0 spiro atoms. The second-order valence-electron chi connectivity index (χ2n) is 12.6. The summed E-state index contributed by atoms with van der Waals surface area (Å²) in [6.45, 7) is 2.54. The molecule has 0 N–H and O–H groups in total. The van der Waals surface area contributed by atoms with Gasteiger partial charge in [-0.15, -0.1) is 10.1 Å². The van der Waals surface area contributed by atoms with Gasteiger partial charge in [-0.3, -0.25) is 0 Å². The Labute approximate surface area is 301 Å². The largest absolute Gasteiger partial charge is 0.489 e. The first-order valence-electron chi connectivity index (χ1n) is 17.3. The van der Waals surface area contributed by atoms with Gasteiger partial charge in [0.25, 0.3) is 0 Å². The van der Waals surface area contributed by atoms with E-state index in [1.807, 2.05) is 36.4 Å². The van der Waals surface area contributed by atoms with Crippen LogP contribution in [-0.2, 0) is 19.3 Å². The van der Waals surface area contributed by atoms with E-state index in [1.54, 1.807) is 34.4 Å².